The summed E-state index contributed by atoms with van der Waals surface area (Å²) in [5, 5.41) is 4.07. The number of morpholine rings is 1. The van der Waals surface area contributed by atoms with Crippen LogP contribution in [0.15, 0.2) is 48.5 Å². The number of amides is 1. The molecule has 1 fully saturated rings. The summed E-state index contributed by atoms with van der Waals surface area (Å²) >= 11 is 0. The molecule has 1 aliphatic heterocycles. The molecule has 3 aromatic rings. The van der Waals surface area contributed by atoms with Crippen molar-refractivity contribution in [2.45, 2.75) is 19.9 Å². The number of nitrogens with zero attached hydrogens (tertiary/aromatic N) is 2. The zero-order valence-corrected chi connectivity index (χ0v) is 18.4. The molecule has 2 heterocycles. The number of carbonyl (C=O) groups is 1. The number of benzene rings is 2. The van der Waals surface area contributed by atoms with E-state index in [0.717, 1.165) is 29.7 Å². The van der Waals surface area contributed by atoms with E-state index >= 15 is 0 Å². The quantitative estimate of drug-likeness (QED) is 0.661. The highest BCUT2D eigenvalue weighted by Crippen LogP contribution is 2.24. The molecule has 0 saturated carbocycles. The van der Waals surface area contributed by atoms with Crippen molar-refractivity contribution in [1.29, 1.82) is 0 Å². The lowest BCUT2D eigenvalue weighted by Crippen LogP contribution is -2.44. The maximum absolute atomic E-state index is 13.1. The van der Waals surface area contributed by atoms with Crippen LogP contribution >= 0.6 is 0 Å². The molecule has 0 aliphatic carbocycles. The van der Waals surface area contributed by atoms with Crippen LogP contribution in [0, 0.1) is 13.8 Å². The average Bonchev–Trinajstić information content (AvgIpc) is 2.79. The number of carbonyl (C=O) groups excluding carboxylic acids is 1. The molecule has 1 N–H and O–H groups in total. The Morgan fingerprint density at radius 2 is 1.97 bits per heavy atom. The van der Waals surface area contributed by atoms with Crippen LogP contribution in [0.2, 0.25) is 0 Å². The van der Waals surface area contributed by atoms with Crippen LogP contribution < -0.4 is 10.1 Å². The smallest absolute Gasteiger partial charge is 0.253 e. The van der Waals surface area contributed by atoms with Gasteiger partial charge >= 0.3 is 0 Å². The Morgan fingerprint density at radius 1 is 1.16 bits per heavy atom. The lowest BCUT2D eigenvalue weighted by molar-refractivity contribution is 0.0162. The van der Waals surface area contributed by atoms with Crippen molar-refractivity contribution in [3.05, 3.63) is 70.9 Å². The summed E-state index contributed by atoms with van der Waals surface area (Å²) in [6.07, 6.45) is 0. The summed E-state index contributed by atoms with van der Waals surface area (Å²) in [5.41, 5.74) is 4.55. The Labute approximate surface area is 183 Å². The molecule has 162 valence electrons. The molecule has 31 heavy (non-hydrogen) atoms. The van der Waals surface area contributed by atoms with E-state index in [1.54, 1.807) is 7.11 Å². The van der Waals surface area contributed by atoms with Gasteiger partial charge in [-0.1, -0.05) is 29.8 Å². The van der Waals surface area contributed by atoms with Gasteiger partial charge in [-0.2, -0.15) is 0 Å². The van der Waals surface area contributed by atoms with Gasteiger partial charge in [0.2, 0.25) is 0 Å². The summed E-state index contributed by atoms with van der Waals surface area (Å²) in [6, 6.07) is 16.2. The van der Waals surface area contributed by atoms with Crippen molar-refractivity contribution in [1.82, 2.24) is 15.2 Å². The fourth-order valence-corrected chi connectivity index (χ4v) is 4.11. The normalized spacial score (nSPS) is 15.6. The van der Waals surface area contributed by atoms with E-state index in [9.17, 15) is 4.79 Å². The van der Waals surface area contributed by atoms with Crippen LogP contribution in [0.5, 0.6) is 5.75 Å². The summed E-state index contributed by atoms with van der Waals surface area (Å²) in [5.74, 6) is 0.650. The van der Waals surface area contributed by atoms with Gasteiger partial charge in [-0.05, 0) is 37.6 Å². The molecule has 2 aromatic carbocycles. The van der Waals surface area contributed by atoms with Gasteiger partial charge in [-0.3, -0.25) is 14.7 Å². The van der Waals surface area contributed by atoms with Gasteiger partial charge in [-0.25, -0.2) is 0 Å². The topological polar surface area (TPSA) is 63.7 Å². The number of rotatable bonds is 6. The van der Waals surface area contributed by atoms with Crippen molar-refractivity contribution in [3.8, 4) is 5.75 Å². The molecular formula is C25H29N3O3. The third kappa shape index (κ3) is 4.86. The Morgan fingerprint density at radius 3 is 2.71 bits per heavy atom. The zero-order valence-electron chi connectivity index (χ0n) is 18.4. The van der Waals surface area contributed by atoms with Crippen LogP contribution in [-0.4, -0.2) is 55.7 Å². The number of pyridine rings is 1. The maximum Gasteiger partial charge on any atom is 0.253 e. The number of nitrogens with one attached hydrogen (secondary N) is 1. The van der Waals surface area contributed by atoms with Crippen molar-refractivity contribution in [2.24, 2.45) is 0 Å². The van der Waals surface area contributed by atoms with Crippen LogP contribution in [0.1, 0.15) is 33.2 Å². The number of hydrogen-bond acceptors (Lipinski definition) is 5. The van der Waals surface area contributed by atoms with E-state index in [4.69, 9.17) is 9.47 Å². The number of ether oxygens (including phenoxy) is 2. The molecule has 0 spiro atoms. The predicted molar refractivity (Wildman–Crippen MR) is 122 cm³/mol. The van der Waals surface area contributed by atoms with E-state index in [1.807, 2.05) is 31.2 Å². The summed E-state index contributed by atoms with van der Waals surface area (Å²) in [4.78, 5) is 20.1. The molecule has 1 saturated heterocycles. The second-order valence-electron chi connectivity index (χ2n) is 7.97. The maximum atomic E-state index is 13.1. The average molecular weight is 420 g/mol. The van der Waals surface area contributed by atoms with Crippen molar-refractivity contribution < 1.29 is 14.3 Å². The van der Waals surface area contributed by atoms with Gasteiger partial charge in [0.05, 0.1) is 43.1 Å². The highest BCUT2D eigenvalue weighted by Gasteiger charge is 2.24. The summed E-state index contributed by atoms with van der Waals surface area (Å²) < 4.78 is 10.8. The molecule has 0 radical (unpaired) electrons. The van der Waals surface area contributed by atoms with Crippen molar-refractivity contribution >= 4 is 16.8 Å². The first-order valence-corrected chi connectivity index (χ1v) is 10.7. The number of hydrogen-bond donors (Lipinski definition) is 1. The predicted octanol–water partition coefficient (Wildman–Crippen LogP) is 3.66. The van der Waals surface area contributed by atoms with E-state index in [2.05, 4.69) is 46.4 Å². The molecular weight excluding hydrogens is 390 g/mol. The van der Waals surface area contributed by atoms with Crippen LogP contribution in [-0.2, 0) is 4.74 Å². The SMILES string of the molecule is COc1ccc2cc(C(=O)NCC(c3cccc(C)c3)N3CCOCC3)c(C)nc2c1. The molecule has 6 nitrogen and oxygen atoms in total. The van der Waals surface area contributed by atoms with Gasteiger partial charge < -0.3 is 14.8 Å². The fraction of sp³-hybridized carbons (Fsp3) is 0.360. The number of methoxy groups -OCH3 is 1. The lowest BCUT2D eigenvalue weighted by Gasteiger charge is -2.35. The van der Waals surface area contributed by atoms with Crippen molar-refractivity contribution in [2.75, 3.05) is 40.0 Å². The monoisotopic (exact) mass is 419 g/mol. The molecule has 4 rings (SSSR count). The van der Waals surface area contributed by atoms with Gasteiger partial charge in [0, 0.05) is 31.1 Å². The highest BCUT2D eigenvalue weighted by molar-refractivity contribution is 5.98. The summed E-state index contributed by atoms with van der Waals surface area (Å²) in [6.45, 7) is 7.63. The number of aryl methyl sites for hydroxylation is 2. The minimum atomic E-state index is -0.103. The number of fused-ring (bicyclic) bond motifs is 1. The van der Waals surface area contributed by atoms with Crippen LogP contribution in [0.3, 0.4) is 0 Å². The standard InChI is InChI=1S/C25H29N3O3/c1-17-5-4-6-20(13-17)24(28-9-11-31-12-10-28)16-26-25(29)22-14-19-7-8-21(30-3)15-23(19)27-18(22)2/h4-8,13-15,24H,9-12,16H2,1-3H3,(H,26,29). The third-order valence-electron chi connectivity index (χ3n) is 5.83. The van der Waals surface area contributed by atoms with E-state index in [-0.39, 0.29) is 11.9 Å². The van der Waals surface area contributed by atoms with Gasteiger partial charge in [0.1, 0.15) is 5.75 Å². The summed E-state index contributed by atoms with van der Waals surface area (Å²) in [7, 11) is 1.63. The van der Waals surface area contributed by atoms with Gasteiger partial charge in [-0.15, -0.1) is 0 Å². The Kier molecular flexibility index (Phi) is 6.49. The molecule has 6 heteroatoms. The second-order valence-corrected chi connectivity index (χ2v) is 7.97. The second kappa shape index (κ2) is 9.45. The lowest BCUT2D eigenvalue weighted by atomic mass is 10.0. The van der Waals surface area contributed by atoms with E-state index in [1.165, 1.54) is 11.1 Å². The van der Waals surface area contributed by atoms with E-state index in [0.29, 0.717) is 31.0 Å². The molecule has 1 unspecified atom stereocenters. The molecule has 1 amide bonds. The zero-order chi connectivity index (χ0) is 21.8. The minimum Gasteiger partial charge on any atom is -0.497 e. The Hall–Kier alpha value is -2.96. The van der Waals surface area contributed by atoms with Crippen LogP contribution in [0.25, 0.3) is 10.9 Å². The minimum absolute atomic E-state index is 0.103. The first-order valence-electron chi connectivity index (χ1n) is 10.7. The molecule has 1 atom stereocenters. The number of aromatic nitrogens is 1. The van der Waals surface area contributed by atoms with Crippen LogP contribution in [0.4, 0.5) is 0 Å². The third-order valence-corrected chi connectivity index (χ3v) is 5.83. The largest absolute Gasteiger partial charge is 0.497 e. The van der Waals surface area contributed by atoms with Crippen molar-refractivity contribution in [3.63, 3.8) is 0 Å². The fourth-order valence-electron chi connectivity index (χ4n) is 4.11. The Balaban J connectivity index is 1.55. The van der Waals surface area contributed by atoms with E-state index < -0.39 is 0 Å². The molecule has 0 bridgehead atoms. The van der Waals surface area contributed by atoms with Gasteiger partial charge in [0.15, 0.2) is 0 Å². The Bertz CT molecular complexity index is 1080. The van der Waals surface area contributed by atoms with Gasteiger partial charge in [0.25, 0.3) is 5.91 Å². The highest BCUT2D eigenvalue weighted by atomic mass is 16.5. The first kappa shape index (κ1) is 21.3. The molecule has 1 aromatic heterocycles. The molecule has 1 aliphatic rings. The first-order chi connectivity index (χ1) is 15.0.